The molecule has 0 bridgehead atoms. The Kier molecular flexibility index (Phi) is 4.25. The molecule has 0 aromatic heterocycles. The van der Waals surface area contributed by atoms with E-state index in [2.05, 4.69) is 10.5 Å². The highest BCUT2D eigenvalue weighted by molar-refractivity contribution is 5.95. The van der Waals surface area contributed by atoms with E-state index in [1.54, 1.807) is 18.2 Å². The lowest BCUT2D eigenvalue weighted by atomic mass is 10.1. The zero-order valence-electron chi connectivity index (χ0n) is 11.4. The molecule has 3 nitrogen and oxygen atoms in total. The van der Waals surface area contributed by atoms with Gasteiger partial charge in [-0.1, -0.05) is 18.2 Å². The van der Waals surface area contributed by atoms with Crippen LogP contribution in [0.3, 0.4) is 0 Å². The molecule has 0 fully saturated rings. The van der Waals surface area contributed by atoms with E-state index in [0.717, 1.165) is 11.1 Å². The van der Waals surface area contributed by atoms with Crippen LogP contribution in [0.1, 0.15) is 27.0 Å². The minimum atomic E-state index is -0.304. The number of nitrogens with zero attached hydrogens (tertiary/aromatic N) is 1. The molecule has 2 rings (SSSR count). The number of aryl methyl sites for hydroxylation is 2. The summed E-state index contributed by atoms with van der Waals surface area (Å²) in [5.41, 5.74) is 5.91. The maximum Gasteiger partial charge on any atom is 0.271 e. The van der Waals surface area contributed by atoms with Gasteiger partial charge in [-0.2, -0.15) is 5.10 Å². The first-order valence-corrected chi connectivity index (χ1v) is 6.22. The zero-order valence-corrected chi connectivity index (χ0v) is 11.4. The fraction of sp³-hybridized carbons (Fsp3) is 0.125. The highest BCUT2D eigenvalue weighted by atomic mass is 19.1. The second-order valence-electron chi connectivity index (χ2n) is 4.55. The molecule has 0 saturated carbocycles. The molecule has 4 heteroatoms. The molecule has 0 spiro atoms. The molecule has 0 aliphatic heterocycles. The maximum atomic E-state index is 12.7. The van der Waals surface area contributed by atoms with E-state index in [9.17, 15) is 9.18 Å². The molecular formula is C16H15FN2O. The first-order valence-electron chi connectivity index (χ1n) is 6.22. The lowest BCUT2D eigenvalue weighted by Gasteiger charge is -2.03. The van der Waals surface area contributed by atoms with Gasteiger partial charge in [0, 0.05) is 5.56 Å². The van der Waals surface area contributed by atoms with Crippen molar-refractivity contribution in [3.05, 3.63) is 70.5 Å². The van der Waals surface area contributed by atoms with Crippen LogP contribution in [0.25, 0.3) is 0 Å². The van der Waals surface area contributed by atoms with Crippen LogP contribution in [0.2, 0.25) is 0 Å². The summed E-state index contributed by atoms with van der Waals surface area (Å²) in [5.74, 6) is -0.576. The van der Waals surface area contributed by atoms with E-state index in [0.29, 0.717) is 11.1 Å². The van der Waals surface area contributed by atoms with E-state index < -0.39 is 0 Å². The van der Waals surface area contributed by atoms with Gasteiger partial charge in [0.05, 0.1) is 6.21 Å². The number of amides is 1. The van der Waals surface area contributed by atoms with Gasteiger partial charge in [0.25, 0.3) is 5.91 Å². The lowest BCUT2D eigenvalue weighted by Crippen LogP contribution is -2.17. The van der Waals surface area contributed by atoms with Crippen molar-refractivity contribution in [2.24, 2.45) is 5.10 Å². The minimum absolute atomic E-state index is 0.272. The van der Waals surface area contributed by atoms with Crippen molar-refractivity contribution in [1.29, 1.82) is 0 Å². The van der Waals surface area contributed by atoms with Gasteiger partial charge in [-0.25, -0.2) is 9.82 Å². The number of hydrazone groups is 1. The molecule has 0 atom stereocenters. The highest BCUT2D eigenvalue weighted by Crippen LogP contribution is 2.09. The van der Waals surface area contributed by atoms with E-state index in [1.165, 1.54) is 18.3 Å². The lowest BCUT2D eigenvalue weighted by molar-refractivity contribution is 0.0955. The van der Waals surface area contributed by atoms with Crippen LogP contribution in [0.4, 0.5) is 4.39 Å². The Morgan fingerprint density at radius 1 is 1.10 bits per heavy atom. The van der Waals surface area contributed by atoms with Gasteiger partial charge < -0.3 is 0 Å². The van der Waals surface area contributed by atoms with Crippen LogP contribution in [-0.4, -0.2) is 12.1 Å². The number of halogens is 1. The summed E-state index contributed by atoms with van der Waals surface area (Å²) in [6, 6.07) is 11.3. The SMILES string of the molecule is Cc1ccc(C(=O)N/N=C/c2ccc(F)cc2)cc1C. The van der Waals surface area contributed by atoms with Crippen LogP contribution in [0.15, 0.2) is 47.6 Å². The predicted molar refractivity (Wildman–Crippen MR) is 77.4 cm³/mol. The van der Waals surface area contributed by atoms with E-state index in [-0.39, 0.29) is 11.7 Å². The number of hydrogen-bond acceptors (Lipinski definition) is 2. The largest absolute Gasteiger partial charge is 0.271 e. The zero-order chi connectivity index (χ0) is 14.5. The molecule has 0 unspecified atom stereocenters. The van der Waals surface area contributed by atoms with Gasteiger partial charge >= 0.3 is 0 Å². The Hall–Kier alpha value is -2.49. The van der Waals surface area contributed by atoms with Crippen LogP contribution in [-0.2, 0) is 0 Å². The number of carbonyl (C=O) groups excluding carboxylic acids is 1. The summed E-state index contributed by atoms with van der Waals surface area (Å²) >= 11 is 0. The van der Waals surface area contributed by atoms with Gasteiger partial charge in [-0.05, 0) is 54.8 Å². The molecule has 0 heterocycles. The standard InChI is InChI=1S/C16H15FN2O/c1-11-3-6-14(9-12(11)2)16(20)19-18-10-13-4-7-15(17)8-5-13/h3-10H,1-2H3,(H,19,20)/b18-10+. The number of rotatable bonds is 3. The second kappa shape index (κ2) is 6.10. The molecule has 0 radical (unpaired) electrons. The van der Waals surface area contributed by atoms with Crippen molar-refractivity contribution in [1.82, 2.24) is 5.43 Å². The third kappa shape index (κ3) is 3.51. The van der Waals surface area contributed by atoms with Crippen LogP contribution < -0.4 is 5.43 Å². The summed E-state index contributed by atoms with van der Waals surface area (Å²) < 4.78 is 12.7. The molecule has 0 aliphatic rings. The molecule has 1 N–H and O–H groups in total. The van der Waals surface area contributed by atoms with Gasteiger partial charge in [0.2, 0.25) is 0 Å². The first-order chi connectivity index (χ1) is 9.56. The van der Waals surface area contributed by atoms with Crippen molar-refractivity contribution in [3.8, 4) is 0 Å². The molecule has 102 valence electrons. The van der Waals surface area contributed by atoms with Gasteiger partial charge in [-0.3, -0.25) is 4.79 Å². The van der Waals surface area contributed by atoms with Crippen LogP contribution in [0, 0.1) is 19.7 Å². The maximum absolute atomic E-state index is 12.7. The molecule has 0 saturated heterocycles. The second-order valence-corrected chi connectivity index (χ2v) is 4.55. The number of hydrogen-bond donors (Lipinski definition) is 1. The van der Waals surface area contributed by atoms with E-state index in [4.69, 9.17) is 0 Å². The number of nitrogens with one attached hydrogen (secondary N) is 1. The summed E-state index contributed by atoms with van der Waals surface area (Å²) in [6.45, 7) is 3.94. The summed E-state index contributed by atoms with van der Waals surface area (Å²) in [4.78, 5) is 11.9. The smallest absolute Gasteiger partial charge is 0.267 e. The van der Waals surface area contributed by atoms with Gasteiger partial charge in [0.15, 0.2) is 0 Å². The molecule has 1 amide bonds. The van der Waals surface area contributed by atoms with E-state index in [1.807, 2.05) is 26.0 Å². The summed E-state index contributed by atoms with van der Waals surface area (Å²) in [7, 11) is 0. The van der Waals surface area contributed by atoms with Crippen molar-refractivity contribution in [2.75, 3.05) is 0 Å². The van der Waals surface area contributed by atoms with Crippen LogP contribution >= 0.6 is 0 Å². The van der Waals surface area contributed by atoms with E-state index >= 15 is 0 Å². The third-order valence-electron chi connectivity index (χ3n) is 3.02. The molecule has 0 aliphatic carbocycles. The Morgan fingerprint density at radius 3 is 2.45 bits per heavy atom. The van der Waals surface area contributed by atoms with Gasteiger partial charge in [0.1, 0.15) is 5.82 Å². The average molecular weight is 270 g/mol. The molecular weight excluding hydrogens is 255 g/mol. The van der Waals surface area contributed by atoms with Gasteiger partial charge in [-0.15, -0.1) is 0 Å². The Bertz CT molecular complexity index is 648. The van der Waals surface area contributed by atoms with Crippen molar-refractivity contribution in [2.45, 2.75) is 13.8 Å². The summed E-state index contributed by atoms with van der Waals surface area (Å²) in [5, 5.41) is 3.85. The fourth-order valence-corrected chi connectivity index (χ4v) is 1.66. The van der Waals surface area contributed by atoms with Crippen LogP contribution in [0.5, 0.6) is 0 Å². The molecule has 2 aromatic rings. The highest BCUT2D eigenvalue weighted by Gasteiger charge is 2.04. The average Bonchev–Trinajstić information content (AvgIpc) is 2.44. The monoisotopic (exact) mass is 270 g/mol. The summed E-state index contributed by atoms with van der Waals surface area (Å²) in [6.07, 6.45) is 1.47. The topological polar surface area (TPSA) is 41.5 Å². The first kappa shape index (κ1) is 13.9. The normalized spacial score (nSPS) is 10.8. The number of benzene rings is 2. The molecule has 20 heavy (non-hydrogen) atoms. The van der Waals surface area contributed by atoms with Crippen molar-refractivity contribution < 1.29 is 9.18 Å². The quantitative estimate of drug-likeness (QED) is 0.675. The number of carbonyl (C=O) groups is 1. The Morgan fingerprint density at radius 2 is 1.80 bits per heavy atom. The van der Waals surface area contributed by atoms with Crippen molar-refractivity contribution >= 4 is 12.1 Å². The Labute approximate surface area is 117 Å². The predicted octanol–water partition coefficient (Wildman–Crippen LogP) is 3.21. The third-order valence-corrected chi connectivity index (χ3v) is 3.02. The molecule has 2 aromatic carbocycles. The van der Waals surface area contributed by atoms with Crippen molar-refractivity contribution in [3.63, 3.8) is 0 Å². The Balaban J connectivity index is 2.01. The fourth-order valence-electron chi connectivity index (χ4n) is 1.66. The minimum Gasteiger partial charge on any atom is -0.267 e.